The van der Waals surface area contributed by atoms with Gasteiger partial charge in [-0.1, -0.05) is 0 Å². The molecule has 0 aliphatic heterocycles. The molecule has 2 aromatic heterocycles. The minimum absolute atomic E-state index is 0.413. The fourth-order valence-corrected chi connectivity index (χ4v) is 1.25. The number of halogens is 3. The van der Waals surface area contributed by atoms with Gasteiger partial charge in [0.25, 0.3) is 5.95 Å². The molecular formula is C9H5F3N4O2. The Kier molecular flexibility index (Phi) is 2.73. The molecule has 9 heteroatoms. The van der Waals surface area contributed by atoms with Crippen molar-refractivity contribution in [3.05, 3.63) is 35.9 Å². The van der Waals surface area contributed by atoms with E-state index >= 15 is 0 Å². The van der Waals surface area contributed by atoms with Crippen molar-refractivity contribution < 1.29 is 23.1 Å². The standard InChI is InChI=1S/C9H5F3N4O2/c10-9(11,12)6-2-4-14-16(6)8-13-3-1-5(15-8)7(17)18/h1-4H,(H,17,18). The predicted octanol–water partition coefficient (Wildman–Crippen LogP) is 1.38. The molecule has 1 N–H and O–H groups in total. The Morgan fingerprint density at radius 2 is 2.00 bits per heavy atom. The quantitative estimate of drug-likeness (QED) is 0.880. The van der Waals surface area contributed by atoms with Gasteiger partial charge in [-0.15, -0.1) is 0 Å². The summed E-state index contributed by atoms with van der Waals surface area (Å²) in [6, 6.07) is 1.82. The van der Waals surface area contributed by atoms with Gasteiger partial charge in [-0.3, -0.25) is 0 Å². The topological polar surface area (TPSA) is 80.9 Å². The summed E-state index contributed by atoms with van der Waals surface area (Å²) in [6.07, 6.45) is -2.65. The first-order chi connectivity index (χ1) is 8.39. The number of carboxylic acids is 1. The van der Waals surface area contributed by atoms with Gasteiger partial charge in [0.15, 0.2) is 11.4 Å². The van der Waals surface area contributed by atoms with Crippen LogP contribution in [0.2, 0.25) is 0 Å². The predicted molar refractivity (Wildman–Crippen MR) is 51.1 cm³/mol. The zero-order valence-corrected chi connectivity index (χ0v) is 8.59. The van der Waals surface area contributed by atoms with Gasteiger partial charge in [0.05, 0.1) is 6.20 Å². The number of carboxylic acid groups (broad SMARTS) is 1. The minimum Gasteiger partial charge on any atom is -0.477 e. The van der Waals surface area contributed by atoms with E-state index in [4.69, 9.17) is 5.11 Å². The van der Waals surface area contributed by atoms with Gasteiger partial charge in [0, 0.05) is 6.20 Å². The molecule has 0 spiro atoms. The highest BCUT2D eigenvalue weighted by molar-refractivity contribution is 5.85. The third-order valence-electron chi connectivity index (χ3n) is 1.98. The van der Waals surface area contributed by atoms with E-state index < -0.39 is 29.5 Å². The average molecular weight is 258 g/mol. The first-order valence-corrected chi connectivity index (χ1v) is 4.57. The summed E-state index contributed by atoms with van der Waals surface area (Å²) in [4.78, 5) is 17.7. The van der Waals surface area contributed by atoms with Crippen LogP contribution in [0.4, 0.5) is 13.2 Å². The van der Waals surface area contributed by atoms with Crippen molar-refractivity contribution in [2.75, 3.05) is 0 Å². The smallest absolute Gasteiger partial charge is 0.433 e. The lowest BCUT2D eigenvalue weighted by molar-refractivity contribution is -0.142. The van der Waals surface area contributed by atoms with E-state index in [0.717, 1.165) is 24.5 Å². The molecule has 0 amide bonds. The maximum absolute atomic E-state index is 12.6. The summed E-state index contributed by atoms with van der Waals surface area (Å²) in [5.41, 5.74) is -1.49. The summed E-state index contributed by atoms with van der Waals surface area (Å²) < 4.78 is 38.2. The summed E-state index contributed by atoms with van der Waals surface area (Å²) in [5.74, 6) is -1.81. The molecule has 0 radical (unpaired) electrons. The van der Waals surface area contributed by atoms with Crippen LogP contribution in [0.3, 0.4) is 0 Å². The van der Waals surface area contributed by atoms with E-state index in [2.05, 4.69) is 15.1 Å². The van der Waals surface area contributed by atoms with E-state index in [-0.39, 0.29) is 0 Å². The van der Waals surface area contributed by atoms with Crippen LogP contribution in [0.25, 0.3) is 5.95 Å². The monoisotopic (exact) mass is 258 g/mol. The van der Waals surface area contributed by atoms with Crippen molar-refractivity contribution in [3.8, 4) is 5.95 Å². The highest BCUT2D eigenvalue weighted by Crippen LogP contribution is 2.29. The Bertz CT molecular complexity index is 593. The van der Waals surface area contributed by atoms with Crippen LogP contribution < -0.4 is 0 Å². The van der Waals surface area contributed by atoms with Gasteiger partial charge in [-0.05, 0) is 12.1 Å². The largest absolute Gasteiger partial charge is 0.477 e. The first kappa shape index (κ1) is 12.0. The van der Waals surface area contributed by atoms with Crippen molar-refractivity contribution in [1.82, 2.24) is 19.7 Å². The summed E-state index contributed by atoms with van der Waals surface area (Å²) in [7, 11) is 0. The van der Waals surface area contributed by atoms with Crippen molar-refractivity contribution >= 4 is 5.97 Å². The van der Waals surface area contributed by atoms with Crippen molar-refractivity contribution in [1.29, 1.82) is 0 Å². The van der Waals surface area contributed by atoms with Crippen molar-refractivity contribution in [2.24, 2.45) is 0 Å². The number of carbonyl (C=O) groups is 1. The van der Waals surface area contributed by atoms with Gasteiger partial charge in [-0.25, -0.2) is 14.8 Å². The van der Waals surface area contributed by atoms with Crippen LogP contribution in [-0.4, -0.2) is 30.8 Å². The maximum Gasteiger partial charge on any atom is 0.433 e. The second kappa shape index (κ2) is 4.09. The fraction of sp³-hybridized carbons (Fsp3) is 0.111. The van der Waals surface area contributed by atoms with E-state index in [1.165, 1.54) is 0 Å². The lowest BCUT2D eigenvalue weighted by Gasteiger charge is -2.08. The van der Waals surface area contributed by atoms with Gasteiger partial charge < -0.3 is 5.11 Å². The number of nitrogens with zero attached hydrogens (tertiary/aromatic N) is 4. The van der Waals surface area contributed by atoms with Crippen molar-refractivity contribution in [3.63, 3.8) is 0 Å². The second-order valence-corrected chi connectivity index (χ2v) is 3.17. The number of aromatic carboxylic acids is 1. The molecule has 94 valence electrons. The molecule has 2 heterocycles. The molecule has 0 saturated heterocycles. The third kappa shape index (κ3) is 2.14. The molecule has 18 heavy (non-hydrogen) atoms. The number of aromatic nitrogens is 4. The number of alkyl halides is 3. The molecule has 0 aromatic carbocycles. The van der Waals surface area contributed by atoms with Crippen LogP contribution in [0.15, 0.2) is 24.5 Å². The zero-order chi connectivity index (χ0) is 13.3. The van der Waals surface area contributed by atoms with Gasteiger partial charge in [0.1, 0.15) is 0 Å². The fourth-order valence-electron chi connectivity index (χ4n) is 1.25. The number of hydrogen-bond acceptors (Lipinski definition) is 4. The van der Waals surface area contributed by atoms with Crippen LogP contribution in [0.5, 0.6) is 0 Å². The summed E-state index contributed by atoms with van der Waals surface area (Å²) in [6.45, 7) is 0. The van der Waals surface area contributed by atoms with E-state index in [0.29, 0.717) is 4.68 Å². The molecule has 6 nitrogen and oxygen atoms in total. The maximum atomic E-state index is 12.6. The average Bonchev–Trinajstić information content (AvgIpc) is 2.77. The molecule has 0 bridgehead atoms. The SMILES string of the molecule is O=C(O)c1ccnc(-n2nccc2C(F)(F)F)n1. The second-order valence-electron chi connectivity index (χ2n) is 3.17. The van der Waals surface area contributed by atoms with E-state index in [9.17, 15) is 18.0 Å². The molecule has 0 unspecified atom stereocenters. The Morgan fingerprint density at radius 3 is 2.61 bits per heavy atom. The zero-order valence-electron chi connectivity index (χ0n) is 8.59. The molecule has 0 fully saturated rings. The van der Waals surface area contributed by atoms with E-state index in [1.807, 2.05) is 0 Å². The summed E-state index contributed by atoms with van der Waals surface area (Å²) >= 11 is 0. The van der Waals surface area contributed by atoms with Crippen LogP contribution in [0.1, 0.15) is 16.2 Å². The molecule has 0 saturated carbocycles. The van der Waals surface area contributed by atoms with Gasteiger partial charge >= 0.3 is 12.1 Å². The van der Waals surface area contributed by atoms with Crippen molar-refractivity contribution in [2.45, 2.75) is 6.18 Å². The molecule has 0 aliphatic carbocycles. The highest BCUT2D eigenvalue weighted by Gasteiger charge is 2.35. The third-order valence-corrected chi connectivity index (χ3v) is 1.98. The Balaban J connectivity index is 2.53. The molecule has 2 rings (SSSR count). The molecule has 0 atom stereocenters. The minimum atomic E-state index is -4.63. The van der Waals surface area contributed by atoms with Gasteiger partial charge in [-0.2, -0.15) is 23.0 Å². The lowest BCUT2D eigenvalue weighted by atomic mass is 10.4. The van der Waals surface area contributed by atoms with Crippen LogP contribution >= 0.6 is 0 Å². The molecule has 2 aromatic rings. The summed E-state index contributed by atoms with van der Waals surface area (Å²) in [5, 5.41) is 12.1. The lowest BCUT2D eigenvalue weighted by Crippen LogP contribution is -2.16. The van der Waals surface area contributed by atoms with Gasteiger partial charge in [0.2, 0.25) is 0 Å². The Morgan fingerprint density at radius 1 is 1.28 bits per heavy atom. The van der Waals surface area contributed by atoms with E-state index in [1.54, 1.807) is 0 Å². The van der Waals surface area contributed by atoms with Crippen LogP contribution in [0, 0.1) is 0 Å². The molecular weight excluding hydrogens is 253 g/mol. The normalized spacial score (nSPS) is 11.5. The molecule has 0 aliphatic rings. The first-order valence-electron chi connectivity index (χ1n) is 4.57. The Hall–Kier alpha value is -2.45. The number of rotatable bonds is 2. The number of hydrogen-bond donors (Lipinski definition) is 1. The van der Waals surface area contributed by atoms with Crippen LogP contribution in [-0.2, 0) is 6.18 Å². The Labute approximate surface area is 97.7 Å². The highest BCUT2D eigenvalue weighted by atomic mass is 19.4.